The Hall–Kier alpha value is -5.42. The number of carbonyl (C=O) groups is 2. The Balaban J connectivity index is 0.000000177. The van der Waals surface area contributed by atoms with Gasteiger partial charge in [0.05, 0.1) is 35.6 Å². The van der Waals surface area contributed by atoms with E-state index in [-0.39, 0.29) is 71.9 Å². The van der Waals surface area contributed by atoms with Crippen LogP contribution in [-0.2, 0) is 35.8 Å². The second-order valence-corrected chi connectivity index (χ2v) is 15.2. The number of aliphatic hydroxyl groups is 2. The molecule has 0 spiro atoms. The third kappa shape index (κ3) is 7.29. The molecule has 16 heteroatoms. The molecule has 2 fully saturated rings. The molecule has 308 valence electrons. The van der Waals surface area contributed by atoms with E-state index in [0.29, 0.717) is 61.8 Å². The van der Waals surface area contributed by atoms with Crippen LogP contribution in [0, 0.1) is 23.7 Å². The van der Waals surface area contributed by atoms with Crippen LogP contribution in [-0.4, -0.2) is 89.3 Å². The van der Waals surface area contributed by atoms with E-state index in [4.69, 9.17) is 8.83 Å². The van der Waals surface area contributed by atoms with Gasteiger partial charge in [0.25, 0.3) is 11.1 Å². The summed E-state index contributed by atoms with van der Waals surface area (Å²) in [5, 5.41) is 26.2. The first-order chi connectivity index (χ1) is 28.2. The number of likely N-dealkylation sites (N-methyl/N-ethyl adjacent to an activating group) is 2. The van der Waals surface area contributed by atoms with E-state index in [0.717, 1.165) is 11.4 Å². The van der Waals surface area contributed by atoms with E-state index < -0.39 is 12.1 Å². The number of hydrogen-bond donors (Lipinski definition) is 4. The molecule has 4 aromatic heterocycles. The van der Waals surface area contributed by atoms with Crippen molar-refractivity contribution in [2.45, 2.75) is 78.0 Å². The minimum absolute atomic E-state index is 0.0342. The van der Waals surface area contributed by atoms with Crippen LogP contribution < -0.4 is 21.8 Å². The van der Waals surface area contributed by atoms with E-state index in [9.17, 15) is 29.4 Å². The summed E-state index contributed by atoms with van der Waals surface area (Å²) in [4.78, 5) is 64.3. The predicted molar refractivity (Wildman–Crippen MR) is 213 cm³/mol. The maximum atomic E-state index is 12.9. The lowest BCUT2D eigenvalue weighted by Crippen LogP contribution is -2.48. The Bertz CT molecular complexity index is 2090. The van der Waals surface area contributed by atoms with Gasteiger partial charge in [0.15, 0.2) is 12.8 Å². The van der Waals surface area contributed by atoms with Crippen LogP contribution in [0.2, 0.25) is 0 Å². The number of oxazole rings is 2. The summed E-state index contributed by atoms with van der Waals surface area (Å²) in [7, 11) is 0. The molecule has 8 heterocycles. The van der Waals surface area contributed by atoms with Gasteiger partial charge in [-0.1, -0.05) is 24.3 Å². The molecule has 16 nitrogen and oxygen atoms in total. The average molecular weight is 797 g/mol. The number of nitrogens with zero attached hydrogens (tertiary/aromatic N) is 6. The fraction of sp³-hybridized carbons (Fsp3) is 0.476. The maximum Gasteiger partial charge on any atom is 0.258 e. The summed E-state index contributed by atoms with van der Waals surface area (Å²) in [5.41, 5.74) is 4.38. The van der Waals surface area contributed by atoms with Crippen LogP contribution in [0.25, 0.3) is 12.2 Å². The lowest BCUT2D eigenvalue weighted by molar-refractivity contribution is -0.128. The Kier molecular flexibility index (Phi) is 12.4. The first kappa shape index (κ1) is 40.8. The number of aliphatic hydroxyl groups excluding tert-OH is 2. The van der Waals surface area contributed by atoms with Crippen molar-refractivity contribution in [1.82, 2.24) is 39.5 Å². The highest BCUT2D eigenvalue weighted by Gasteiger charge is 2.57. The van der Waals surface area contributed by atoms with Crippen molar-refractivity contribution < 1.29 is 28.6 Å². The Labute approximate surface area is 335 Å². The monoisotopic (exact) mass is 796 g/mol. The number of likely N-dealkylation sites (tertiary alicyclic amines) is 2. The number of rotatable bonds is 12. The van der Waals surface area contributed by atoms with Crippen LogP contribution in [0.5, 0.6) is 0 Å². The quantitative estimate of drug-likeness (QED) is 0.163. The van der Waals surface area contributed by atoms with Crippen LogP contribution in [0.15, 0.2) is 80.2 Å². The standard InChI is InChI=1S/2C21H26N4O4/c2*1-3-5-13-6-7-17-18-15(9-24(17)21(13)28)16(10-26)19(20(27)22-4-2)25(18)8-14-11-29-12-23-14/h2*3,5-7,11-12,15-16,18-19,26H,4,8-10H2,1-2H3,(H,22,27)/b5-3+;5-3-/t2*15-,16-,18+,19-/m00/s1. The highest BCUT2D eigenvalue weighted by molar-refractivity contribution is 5.83. The molecule has 2 saturated heterocycles. The van der Waals surface area contributed by atoms with E-state index in [1.54, 1.807) is 33.8 Å². The van der Waals surface area contributed by atoms with Gasteiger partial charge >= 0.3 is 0 Å². The van der Waals surface area contributed by atoms with Gasteiger partial charge in [0.2, 0.25) is 11.8 Å². The van der Waals surface area contributed by atoms with Gasteiger partial charge in [-0.05, 0) is 52.0 Å². The van der Waals surface area contributed by atoms with Crippen molar-refractivity contribution in [1.29, 1.82) is 0 Å². The highest BCUT2D eigenvalue weighted by Crippen LogP contribution is 2.51. The molecule has 2 amide bonds. The molecule has 0 aromatic carbocycles. The first-order valence-electron chi connectivity index (χ1n) is 20.0. The Morgan fingerprint density at radius 1 is 0.724 bits per heavy atom. The Morgan fingerprint density at radius 3 is 1.47 bits per heavy atom. The topological polar surface area (TPSA) is 201 Å². The normalized spacial score (nSPS) is 26.0. The maximum absolute atomic E-state index is 12.9. The number of carbonyl (C=O) groups excluding carboxylic acids is 2. The number of nitrogens with one attached hydrogen (secondary N) is 2. The number of aromatic nitrogens is 4. The van der Waals surface area contributed by atoms with Crippen LogP contribution >= 0.6 is 0 Å². The smallest absolute Gasteiger partial charge is 0.258 e. The minimum Gasteiger partial charge on any atom is -0.451 e. The molecule has 0 unspecified atom stereocenters. The average Bonchev–Trinajstić information content (AvgIpc) is 4.07. The molecule has 0 radical (unpaired) electrons. The number of pyridine rings is 2. The molecule has 4 aromatic rings. The van der Waals surface area contributed by atoms with Crippen molar-refractivity contribution in [3.63, 3.8) is 0 Å². The van der Waals surface area contributed by atoms with Crippen LogP contribution in [0.1, 0.15) is 73.7 Å². The molecule has 4 aliphatic rings. The van der Waals surface area contributed by atoms with Crippen LogP contribution in [0.3, 0.4) is 0 Å². The lowest BCUT2D eigenvalue weighted by Gasteiger charge is -2.30. The molecule has 0 bridgehead atoms. The predicted octanol–water partition coefficient (Wildman–Crippen LogP) is 2.34. The number of fused-ring (bicyclic) bond motifs is 6. The summed E-state index contributed by atoms with van der Waals surface area (Å²) in [6, 6.07) is 6.30. The van der Waals surface area contributed by atoms with Crippen molar-refractivity contribution in [3.05, 3.63) is 116 Å². The van der Waals surface area contributed by atoms with Crippen molar-refractivity contribution in [3.8, 4) is 0 Å². The second kappa shape index (κ2) is 17.6. The number of hydrogen-bond acceptors (Lipinski definition) is 12. The van der Waals surface area contributed by atoms with E-state index in [1.807, 2.05) is 64.1 Å². The Morgan fingerprint density at radius 2 is 1.14 bits per heavy atom. The van der Waals surface area contributed by atoms with E-state index in [2.05, 4.69) is 30.4 Å². The number of allylic oxidation sites excluding steroid dienone is 2. The van der Waals surface area contributed by atoms with Crippen LogP contribution in [0.4, 0.5) is 0 Å². The third-order valence-corrected chi connectivity index (χ3v) is 12.0. The van der Waals surface area contributed by atoms with E-state index >= 15 is 0 Å². The zero-order valence-electron chi connectivity index (χ0n) is 33.2. The summed E-state index contributed by atoms with van der Waals surface area (Å²) >= 11 is 0. The summed E-state index contributed by atoms with van der Waals surface area (Å²) in [6.45, 7) is 10.1. The molecular formula is C42H52N8O8. The van der Waals surface area contributed by atoms with Gasteiger partial charge < -0.3 is 38.8 Å². The summed E-state index contributed by atoms with van der Waals surface area (Å²) in [6.07, 6.45) is 13.2. The third-order valence-electron chi connectivity index (χ3n) is 12.0. The van der Waals surface area contributed by atoms with Crippen molar-refractivity contribution >= 4 is 24.0 Å². The second-order valence-electron chi connectivity index (χ2n) is 15.2. The van der Waals surface area contributed by atoms with Gasteiger partial charge in [-0.2, -0.15) is 0 Å². The van der Waals surface area contributed by atoms with Crippen molar-refractivity contribution in [2.24, 2.45) is 23.7 Å². The molecule has 0 aliphatic carbocycles. The molecule has 8 rings (SSSR count). The zero-order chi connectivity index (χ0) is 41.1. The molecule has 0 saturated carbocycles. The zero-order valence-corrected chi connectivity index (χ0v) is 33.2. The van der Waals surface area contributed by atoms with Gasteiger partial charge in [0.1, 0.15) is 12.5 Å². The fourth-order valence-electron chi connectivity index (χ4n) is 9.78. The number of amides is 2. The summed E-state index contributed by atoms with van der Waals surface area (Å²) < 4.78 is 13.8. The largest absolute Gasteiger partial charge is 0.451 e. The molecule has 4 N–H and O–H groups in total. The molecular weight excluding hydrogens is 745 g/mol. The lowest BCUT2D eigenvalue weighted by atomic mass is 9.88. The molecule has 8 atom stereocenters. The van der Waals surface area contributed by atoms with Gasteiger partial charge in [-0.15, -0.1) is 0 Å². The minimum atomic E-state index is -0.495. The molecule has 4 aliphatic heterocycles. The molecule has 58 heavy (non-hydrogen) atoms. The van der Waals surface area contributed by atoms with Crippen molar-refractivity contribution in [2.75, 3.05) is 26.3 Å². The highest BCUT2D eigenvalue weighted by atomic mass is 16.3. The SMILES string of the molecule is C/C=C/c1ccc2n(c1=O)C[C@H]1[C@H](CO)[C@@H](C(=O)NCC)N(Cc3cocn3)[C@@H]21.C/C=C\c1ccc2n(c1=O)C[C@H]1[C@H](CO)[C@@H](C(=O)NCC)N(Cc3cocn3)[C@@H]21. The van der Waals surface area contributed by atoms with Gasteiger partial charge in [0, 0.05) is 98.7 Å². The fourth-order valence-corrected chi connectivity index (χ4v) is 9.78. The van der Waals surface area contributed by atoms with Gasteiger partial charge in [-0.3, -0.25) is 29.0 Å². The van der Waals surface area contributed by atoms with Gasteiger partial charge in [-0.25, -0.2) is 9.97 Å². The van der Waals surface area contributed by atoms with E-state index in [1.165, 1.54) is 12.8 Å². The summed E-state index contributed by atoms with van der Waals surface area (Å²) in [5.74, 6) is -0.834. The first-order valence-corrected chi connectivity index (χ1v) is 20.0.